The van der Waals surface area contributed by atoms with Crippen LogP contribution in [-0.2, 0) is 21.4 Å². The molecule has 5 aromatic rings. The van der Waals surface area contributed by atoms with Crippen LogP contribution >= 0.6 is 11.3 Å². The number of cyclic esters (lactones) is 1. The van der Waals surface area contributed by atoms with E-state index in [0.717, 1.165) is 57.2 Å². The Morgan fingerprint density at radius 3 is 2.28 bits per heavy atom. The monoisotopic (exact) mass is 746 g/mol. The third-order valence-electron chi connectivity index (χ3n) is 9.58. The van der Waals surface area contributed by atoms with E-state index in [2.05, 4.69) is 58.5 Å². The summed E-state index contributed by atoms with van der Waals surface area (Å²) in [6.45, 7) is 13.1. The highest BCUT2D eigenvalue weighted by molar-refractivity contribution is 7.14. The summed E-state index contributed by atoms with van der Waals surface area (Å²) in [4.78, 5) is 37.7. The number of thiophene rings is 1. The van der Waals surface area contributed by atoms with Crippen LogP contribution in [0.15, 0.2) is 85.0 Å². The van der Waals surface area contributed by atoms with Crippen molar-refractivity contribution in [3.8, 4) is 28.3 Å². The standard InChI is InChI=1S/C43H50N6O4S/c1-7-8-9-10-11-22-52-33-18-16-30(17-19-33)32-24-44-40(45-25-32)31-14-12-29(13-15-31)23-34(47-41(50)36-20-21-37(54-36)43(4,5)6)35-26-53-42(51)39(46-35)38-27(2)48-49-28(38)3/h12-21,24-26,34,39,46H,7-11,22-23H2,1-6H3,(H,47,50)(H,48,49)/t34-,39?/m0/s1. The van der Waals surface area contributed by atoms with E-state index >= 15 is 0 Å². The van der Waals surface area contributed by atoms with Crippen LogP contribution in [0.3, 0.4) is 0 Å². The van der Waals surface area contributed by atoms with Crippen LogP contribution in [0, 0.1) is 13.8 Å². The van der Waals surface area contributed by atoms with Gasteiger partial charge in [0.05, 0.1) is 28.9 Å². The van der Waals surface area contributed by atoms with E-state index < -0.39 is 18.1 Å². The van der Waals surface area contributed by atoms with E-state index in [0.29, 0.717) is 28.5 Å². The Bertz CT molecular complexity index is 2040. The maximum atomic E-state index is 13.7. The third-order valence-corrected chi connectivity index (χ3v) is 11.1. The molecule has 4 heterocycles. The van der Waals surface area contributed by atoms with E-state index in [1.54, 1.807) is 0 Å². The largest absolute Gasteiger partial charge is 0.494 e. The molecule has 1 aliphatic rings. The van der Waals surface area contributed by atoms with Gasteiger partial charge >= 0.3 is 5.97 Å². The van der Waals surface area contributed by atoms with Crippen LogP contribution in [0.5, 0.6) is 5.75 Å². The van der Waals surface area contributed by atoms with Gasteiger partial charge in [-0.2, -0.15) is 5.10 Å². The molecule has 3 aromatic heterocycles. The fourth-order valence-corrected chi connectivity index (χ4v) is 7.40. The summed E-state index contributed by atoms with van der Waals surface area (Å²) in [5, 5.41) is 13.8. The van der Waals surface area contributed by atoms with Crippen LogP contribution in [0.1, 0.15) is 103 Å². The van der Waals surface area contributed by atoms with Crippen LogP contribution in [0.2, 0.25) is 0 Å². The highest BCUT2D eigenvalue weighted by atomic mass is 32.1. The molecule has 1 aliphatic heterocycles. The number of H-pyrrole nitrogens is 1. The second-order valence-corrected chi connectivity index (χ2v) is 15.9. The van der Waals surface area contributed by atoms with Crippen molar-refractivity contribution in [2.75, 3.05) is 6.61 Å². The van der Waals surface area contributed by atoms with Gasteiger partial charge in [-0.05, 0) is 67.5 Å². The second-order valence-electron chi connectivity index (χ2n) is 14.9. The number of nitrogens with zero attached hydrogens (tertiary/aromatic N) is 3. The van der Waals surface area contributed by atoms with Crippen molar-refractivity contribution in [1.29, 1.82) is 0 Å². The molecule has 2 atom stereocenters. The van der Waals surface area contributed by atoms with Crippen molar-refractivity contribution >= 4 is 23.2 Å². The summed E-state index contributed by atoms with van der Waals surface area (Å²) in [7, 11) is 0. The average molecular weight is 747 g/mol. The van der Waals surface area contributed by atoms with E-state index in [4.69, 9.17) is 9.47 Å². The predicted octanol–water partition coefficient (Wildman–Crippen LogP) is 8.93. The number of hydrogen-bond acceptors (Lipinski definition) is 9. The molecule has 0 saturated carbocycles. The molecule has 0 spiro atoms. The van der Waals surface area contributed by atoms with E-state index in [9.17, 15) is 9.59 Å². The second kappa shape index (κ2) is 17.2. The summed E-state index contributed by atoms with van der Waals surface area (Å²) in [5.74, 6) is 0.851. The lowest BCUT2D eigenvalue weighted by molar-refractivity contribution is -0.142. The number of nitrogens with one attached hydrogen (secondary N) is 3. The van der Waals surface area contributed by atoms with Gasteiger partial charge in [0.1, 0.15) is 12.0 Å². The number of aromatic nitrogens is 4. The SMILES string of the molecule is CCCCCCCOc1ccc(-c2cnc(-c3ccc(C[C@H](NC(=O)c4ccc(C(C)(C)C)s4)C4=COC(=O)C(c5c(C)n[nH]c5C)N4)cc3)nc2)cc1. The zero-order valence-corrected chi connectivity index (χ0v) is 32.8. The molecule has 54 heavy (non-hydrogen) atoms. The molecule has 2 aromatic carbocycles. The topological polar surface area (TPSA) is 131 Å². The number of unbranched alkanes of at least 4 members (excludes halogenated alkanes) is 4. The highest BCUT2D eigenvalue weighted by Crippen LogP contribution is 2.31. The number of carbonyl (C=O) groups is 2. The molecule has 1 amide bonds. The quantitative estimate of drug-likeness (QED) is 0.0715. The van der Waals surface area contributed by atoms with Gasteiger partial charge in [-0.3, -0.25) is 9.89 Å². The number of benzene rings is 2. The molecule has 0 fully saturated rings. The molecule has 0 bridgehead atoms. The van der Waals surface area contributed by atoms with Crippen LogP contribution in [-0.4, -0.2) is 44.7 Å². The van der Waals surface area contributed by atoms with Gasteiger partial charge in [0, 0.05) is 39.7 Å². The molecule has 6 rings (SSSR count). The summed E-state index contributed by atoms with van der Waals surface area (Å²) >= 11 is 1.48. The molecule has 0 radical (unpaired) electrons. The number of amides is 1. The van der Waals surface area contributed by atoms with E-state index in [-0.39, 0.29) is 11.3 Å². The number of esters is 1. The number of rotatable bonds is 15. The summed E-state index contributed by atoms with van der Waals surface area (Å²) in [6, 6.07) is 18.6. The van der Waals surface area contributed by atoms with Crippen molar-refractivity contribution in [2.45, 2.75) is 97.6 Å². The van der Waals surface area contributed by atoms with Crippen molar-refractivity contribution in [2.24, 2.45) is 0 Å². The van der Waals surface area contributed by atoms with Gasteiger partial charge in [0.2, 0.25) is 0 Å². The molecule has 3 N–H and O–H groups in total. The minimum absolute atomic E-state index is 0.0721. The third kappa shape index (κ3) is 9.43. The summed E-state index contributed by atoms with van der Waals surface area (Å²) in [6.07, 6.45) is 11.6. The molecule has 10 nitrogen and oxygen atoms in total. The number of carbonyl (C=O) groups excluding carboxylic acids is 2. The average Bonchev–Trinajstić information content (AvgIpc) is 3.81. The minimum Gasteiger partial charge on any atom is -0.494 e. The molecule has 0 aliphatic carbocycles. The van der Waals surface area contributed by atoms with Gasteiger partial charge in [-0.25, -0.2) is 14.8 Å². The van der Waals surface area contributed by atoms with Crippen molar-refractivity contribution in [3.05, 3.63) is 117 Å². The highest BCUT2D eigenvalue weighted by Gasteiger charge is 2.34. The maximum Gasteiger partial charge on any atom is 0.338 e. The molecular formula is C43H50N6O4S. The zero-order valence-electron chi connectivity index (χ0n) is 32.0. The first kappa shape index (κ1) is 38.4. The van der Waals surface area contributed by atoms with Crippen LogP contribution in [0.25, 0.3) is 22.5 Å². The fourth-order valence-electron chi connectivity index (χ4n) is 6.43. The Morgan fingerprint density at radius 2 is 1.63 bits per heavy atom. The van der Waals surface area contributed by atoms with Crippen LogP contribution < -0.4 is 15.4 Å². The Labute approximate surface area is 321 Å². The van der Waals surface area contributed by atoms with Gasteiger partial charge in [-0.15, -0.1) is 11.3 Å². The Balaban J connectivity index is 1.15. The number of hydrogen-bond donors (Lipinski definition) is 3. The first-order chi connectivity index (χ1) is 26.0. The normalized spacial score (nSPS) is 14.9. The lowest BCUT2D eigenvalue weighted by Gasteiger charge is -2.30. The molecule has 0 saturated heterocycles. The number of aryl methyl sites for hydroxylation is 2. The lowest BCUT2D eigenvalue weighted by Crippen LogP contribution is -2.46. The Kier molecular flexibility index (Phi) is 12.3. The van der Waals surface area contributed by atoms with Gasteiger partial charge in [-0.1, -0.05) is 89.8 Å². The zero-order chi connectivity index (χ0) is 38.2. The lowest BCUT2D eigenvalue weighted by atomic mass is 9.95. The summed E-state index contributed by atoms with van der Waals surface area (Å²) in [5.41, 5.74) is 6.51. The van der Waals surface area contributed by atoms with Crippen molar-refractivity contribution in [1.82, 2.24) is 30.8 Å². The summed E-state index contributed by atoms with van der Waals surface area (Å²) < 4.78 is 11.5. The Hall–Kier alpha value is -5.29. The Morgan fingerprint density at radius 1 is 0.926 bits per heavy atom. The first-order valence-electron chi connectivity index (χ1n) is 18.7. The molecular weight excluding hydrogens is 697 g/mol. The predicted molar refractivity (Wildman–Crippen MR) is 213 cm³/mol. The number of ether oxygens (including phenoxy) is 2. The smallest absolute Gasteiger partial charge is 0.338 e. The van der Waals surface area contributed by atoms with Gasteiger partial charge in [0.25, 0.3) is 5.91 Å². The first-order valence-corrected chi connectivity index (χ1v) is 19.6. The van der Waals surface area contributed by atoms with Gasteiger partial charge in [0.15, 0.2) is 11.9 Å². The van der Waals surface area contributed by atoms with E-state index in [1.165, 1.54) is 43.3 Å². The van der Waals surface area contributed by atoms with Crippen molar-refractivity contribution in [3.63, 3.8) is 0 Å². The van der Waals surface area contributed by atoms with Crippen LogP contribution in [0.4, 0.5) is 0 Å². The van der Waals surface area contributed by atoms with E-state index in [1.807, 2.05) is 86.9 Å². The van der Waals surface area contributed by atoms with Gasteiger partial charge < -0.3 is 20.1 Å². The minimum atomic E-state index is -0.767. The fraction of sp³-hybridized carbons (Fsp3) is 0.372. The van der Waals surface area contributed by atoms with Crippen molar-refractivity contribution < 1.29 is 19.1 Å². The number of aromatic amines is 1. The molecule has 1 unspecified atom stereocenters. The molecule has 11 heteroatoms. The maximum absolute atomic E-state index is 13.7. The molecule has 282 valence electrons.